The molecule has 1 unspecified atom stereocenters. The van der Waals surface area contributed by atoms with Crippen LogP contribution < -0.4 is 10.1 Å². The van der Waals surface area contributed by atoms with Gasteiger partial charge in [0.2, 0.25) is 0 Å². The molecule has 1 saturated heterocycles. The van der Waals surface area contributed by atoms with Crippen molar-refractivity contribution in [2.45, 2.75) is 44.8 Å². The normalized spacial score (nSPS) is 18.0. The molecular weight excluding hydrogens is 473 g/mol. The van der Waals surface area contributed by atoms with E-state index < -0.39 is 11.9 Å². The summed E-state index contributed by atoms with van der Waals surface area (Å²) in [6.45, 7) is 3.83. The second kappa shape index (κ2) is 9.25. The zero-order valence-corrected chi connectivity index (χ0v) is 20.6. The van der Waals surface area contributed by atoms with Crippen LogP contribution in [0.4, 0.5) is 4.39 Å². The Kier molecular flexibility index (Phi) is 5.89. The third-order valence-electron chi connectivity index (χ3n) is 7.95. The number of hydrogen-bond donors (Lipinski definition) is 2. The van der Waals surface area contributed by atoms with Gasteiger partial charge in [-0.05, 0) is 69.3 Å². The molecule has 190 valence electrons. The highest BCUT2D eigenvalue weighted by atomic mass is 19.1. The van der Waals surface area contributed by atoms with Gasteiger partial charge in [-0.1, -0.05) is 0 Å². The highest BCUT2D eigenvalue weighted by molar-refractivity contribution is 5.83. The van der Waals surface area contributed by atoms with E-state index in [1.54, 1.807) is 10.7 Å². The van der Waals surface area contributed by atoms with Crippen molar-refractivity contribution in [1.82, 2.24) is 29.7 Å². The number of aromatic nitrogens is 5. The van der Waals surface area contributed by atoms with Crippen molar-refractivity contribution < 1.29 is 14.2 Å². The summed E-state index contributed by atoms with van der Waals surface area (Å²) in [6.07, 6.45) is 10.0. The zero-order chi connectivity index (χ0) is 25.6. The van der Waals surface area contributed by atoms with Gasteiger partial charge in [0.15, 0.2) is 11.9 Å². The molecule has 10 heteroatoms. The van der Waals surface area contributed by atoms with Gasteiger partial charge in [-0.2, -0.15) is 15.5 Å². The predicted molar refractivity (Wildman–Crippen MR) is 133 cm³/mol. The minimum absolute atomic E-state index is 0.345. The Bertz CT molecular complexity index is 1470. The van der Waals surface area contributed by atoms with Gasteiger partial charge >= 0.3 is 0 Å². The summed E-state index contributed by atoms with van der Waals surface area (Å²) in [7, 11) is 0. The van der Waals surface area contributed by atoms with Gasteiger partial charge in [0.1, 0.15) is 23.0 Å². The van der Waals surface area contributed by atoms with Crippen molar-refractivity contribution in [3.8, 4) is 22.9 Å². The Morgan fingerprint density at radius 2 is 2.00 bits per heavy atom. The van der Waals surface area contributed by atoms with Crippen molar-refractivity contribution in [1.29, 1.82) is 5.26 Å². The molecule has 6 rings (SSSR count). The van der Waals surface area contributed by atoms with Crippen molar-refractivity contribution in [2.75, 3.05) is 19.7 Å². The number of aliphatic hydroxyl groups is 1. The first-order valence-corrected chi connectivity index (χ1v) is 12.6. The lowest BCUT2D eigenvalue weighted by molar-refractivity contribution is 0.0221. The van der Waals surface area contributed by atoms with Crippen molar-refractivity contribution in [3.63, 3.8) is 0 Å². The van der Waals surface area contributed by atoms with Gasteiger partial charge in [0.05, 0.1) is 36.9 Å². The molecule has 0 aromatic carbocycles. The Hall–Kier alpha value is -3.81. The number of nitrogens with one attached hydrogen (secondary N) is 1. The van der Waals surface area contributed by atoms with Crippen LogP contribution in [0.15, 0.2) is 43.0 Å². The number of halogens is 1. The fourth-order valence-corrected chi connectivity index (χ4v) is 5.91. The van der Waals surface area contributed by atoms with E-state index >= 15 is 0 Å². The average molecular weight is 502 g/mol. The molecule has 2 aliphatic rings. The predicted octanol–water partition coefficient (Wildman–Crippen LogP) is 3.73. The van der Waals surface area contributed by atoms with E-state index in [1.807, 2.05) is 12.3 Å². The maximum Gasteiger partial charge on any atom is 0.164 e. The van der Waals surface area contributed by atoms with Crippen LogP contribution in [0, 0.1) is 29.5 Å². The highest BCUT2D eigenvalue weighted by Crippen LogP contribution is 2.54. The summed E-state index contributed by atoms with van der Waals surface area (Å²) in [5.74, 6) is -0.0797. The summed E-state index contributed by atoms with van der Waals surface area (Å²) in [6, 6.07) is 7.18. The van der Waals surface area contributed by atoms with Crippen LogP contribution in [0.2, 0.25) is 0 Å². The summed E-state index contributed by atoms with van der Waals surface area (Å²) in [4.78, 5) is 4.09. The average Bonchev–Trinajstić information content (AvgIpc) is 3.50. The SMILES string of the molecule is Cc1c(-c2ccn3ncc(C#N)c3c2OC(CO)c2ccc(F)cn2)cnn1C1CC2(CCNCC2)C1. The molecule has 37 heavy (non-hydrogen) atoms. The second-order valence-corrected chi connectivity index (χ2v) is 10.1. The number of nitriles is 1. The van der Waals surface area contributed by atoms with Crippen LogP contribution in [0.1, 0.15) is 54.8 Å². The molecule has 5 heterocycles. The van der Waals surface area contributed by atoms with E-state index in [2.05, 4.69) is 33.1 Å². The third-order valence-corrected chi connectivity index (χ3v) is 7.95. The van der Waals surface area contributed by atoms with Gasteiger partial charge < -0.3 is 15.2 Å². The van der Waals surface area contributed by atoms with Crippen LogP contribution in [-0.4, -0.2) is 49.2 Å². The molecule has 1 saturated carbocycles. The first-order valence-electron chi connectivity index (χ1n) is 12.6. The molecule has 0 radical (unpaired) electrons. The van der Waals surface area contributed by atoms with Crippen LogP contribution in [0.3, 0.4) is 0 Å². The van der Waals surface area contributed by atoms with Gasteiger partial charge in [0, 0.05) is 23.0 Å². The number of fused-ring (bicyclic) bond motifs is 1. The minimum atomic E-state index is -0.867. The van der Waals surface area contributed by atoms with E-state index in [4.69, 9.17) is 9.84 Å². The fraction of sp³-hybridized carbons (Fsp3) is 0.407. The molecule has 1 aliphatic heterocycles. The number of piperidine rings is 1. The molecular formula is C27H28FN7O2. The summed E-state index contributed by atoms with van der Waals surface area (Å²) in [5, 5.41) is 32.4. The molecule has 4 aromatic rings. The van der Waals surface area contributed by atoms with E-state index in [1.165, 1.54) is 31.2 Å². The Balaban J connectivity index is 1.39. The Labute approximate surface area is 213 Å². The minimum Gasteiger partial charge on any atom is -0.479 e. The van der Waals surface area contributed by atoms with Gasteiger partial charge in [0.25, 0.3) is 0 Å². The molecule has 2 N–H and O–H groups in total. The third kappa shape index (κ3) is 4.04. The van der Waals surface area contributed by atoms with E-state index in [-0.39, 0.29) is 6.61 Å². The second-order valence-electron chi connectivity index (χ2n) is 10.1. The van der Waals surface area contributed by atoms with Gasteiger partial charge in [-0.3, -0.25) is 9.67 Å². The lowest BCUT2D eigenvalue weighted by Crippen LogP contribution is -2.46. The van der Waals surface area contributed by atoms with E-state index in [0.717, 1.165) is 48.9 Å². The van der Waals surface area contributed by atoms with Crippen molar-refractivity contribution in [2.24, 2.45) is 5.41 Å². The summed E-state index contributed by atoms with van der Waals surface area (Å²) >= 11 is 0. The Morgan fingerprint density at radius 1 is 1.19 bits per heavy atom. The molecule has 2 fully saturated rings. The first-order chi connectivity index (χ1) is 18.0. The number of hydrogen-bond acceptors (Lipinski definition) is 7. The van der Waals surface area contributed by atoms with Crippen molar-refractivity contribution >= 4 is 5.52 Å². The van der Waals surface area contributed by atoms with Crippen molar-refractivity contribution in [3.05, 3.63) is 65.8 Å². The Morgan fingerprint density at radius 3 is 2.70 bits per heavy atom. The molecule has 0 amide bonds. The monoisotopic (exact) mass is 501 g/mol. The first kappa shape index (κ1) is 23.6. The quantitative estimate of drug-likeness (QED) is 0.414. The van der Waals surface area contributed by atoms with E-state index in [0.29, 0.717) is 34.0 Å². The molecule has 1 atom stereocenters. The molecule has 1 spiro atoms. The zero-order valence-electron chi connectivity index (χ0n) is 20.6. The lowest BCUT2D eigenvalue weighted by atomic mass is 9.60. The molecule has 1 aliphatic carbocycles. The number of pyridine rings is 2. The topological polar surface area (TPSA) is 113 Å². The number of ether oxygens (including phenoxy) is 1. The highest BCUT2D eigenvalue weighted by Gasteiger charge is 2.46. The fourth-order valence-electron chi connectivity index (χ4n) is 5.91. The largest absolute Gasteiger partial charge is 0.479 e. The lowest BCUT2D eigenvalue weighted by Gasteiger charge is -2.50. The maximum atomic E-state index is 13.5. The van der Waals surface area contributed by atoms with Gasteiger partial charge in [-0.15, -0.1) is 0 Å². The van der Waals surface area contributed by atoms with Crippen LogP contribution in [-0.2, 0) is 0 Å². The number of rotatable bonds is 6. The summed E-state index contributed by atoms with van der Waals surface area (Å²) in [5.41, 5.74) is 4.28. The molecule has 0 bridgehead atoms. The standard InChI is InChI=1S/C27H28FN7O2/c1-17-22(15-33-35(17)20-10-27(11-20)5-7-30-8-6-27)21-4-9-34-25(18(12-29)13-32-34)26(21)37-24(16-36)23-3-2-19(28)14-31-23/h2-4,9,13-15,20,24,30,36H,5-8,10-11,16H2,1H3. The van der Waals surface area contributed by atoms with Gasteiger partial charge in [-0.25, -0.2) is 8.91 Å². The molecule has 9 nitrogen and oxygen atoms in total. The van der Waals surface area contributed by atoms with Crippen LogP contribution in [0.25, 0.3) is 16.6 Å². The van der Waals surface area contributed by atoms with Crippen LogP contribution in [0.5, 0.6) is 5.75 Å². The summed E-state index contributed by atoms with van der Waals surface area (Å²) < 4.78 is 23.5. The van der Waals surface area contributed by atoms with Crippen LogP contribution >= 0.6 is 0 Å². The number of nitrogens with zero attached hydrogens (tertiary/aromatic N) is 6. The maximum absolute atomic E-state index is 13.5. The smallest absolute Gasteiger partial charge is 0.164 e. The molecule has 4 aromatic heterocycles. The van der Waals surface area contributed by atoms with E-state index in [9.17, 15) is 14.8 Å². The number of aliphatic hydroxyl groups excluding tert-OH is 1.